The third-order valence-corrected chi connectivity index (χ3v) is 2.30. The van der Waals surface area contributed by atoms with Crippen molar-refractivity contribution in [3.63, 3.8) is 0 Å². The molecule has 0 bridgehead atoms. The largest absolute Gasteiger partial charge is 0.387 e. The van der Waals surface area contributed by atoms with Crippen LogP contribution >= 0.6 is 0 Å². The van der Waals surface area contributed by atoms with Crippen molar-refractivity contribution in [2.75, 3.05) is 6.54 Å². The Morgan fingerprint density at radius 1 is 1.60 bits per heavy atom. The zero-order valence-corrected chi connectivity index (χ0v) is 9.27. The second-order valence-corrected chi connectivity index (χ2v) is 3.78. The SMILES string of the molecule is Cc1ncc(C(O)CN)c(=O)n1C(C)C. The molecule has 0 spiro atoms. The lowest BCUT2D eigenvalue weighted by atomic mass is 10.2. The Morgan fingerprint density at radius 3 is 2.67 bits per heavy atom. The van der Waals surface area contributed by atoms with Gasteiger partial charge in [-0.2, -0.15) is 0 Å². The Balaban J connectivity index is 3.35. The molecule has 0 fully saturated rings. The van der Waals surface area contributed by atoms with Crippen molar-refractivity contribution in [1.82, 2.24) is 9.55 Å². The van der Waals surface area contributed by atoms with Crippen molar-refractivity contribution in [3.05, 3.63) is 27.9 Å². The lowest BCUT2D eigenvalue weighted by Crippen LogP contribution is -2.31. The van der Waals surface area contributed by atoms with Crippen LogP contribution in [0.1, 0.15) is 37.4 Å². The van der Waals surface area contributed by atoms with Crippen molar-refractivity contribution in [1.29, 1.82) is 0 Å². The molecule has 1 rings (SSSR count). The number of nitrogens with zero attached hydrogens (tertiary/aromatic N) is 2. The van der Waals surface area contributed by atoms with Gasteiger partial charge in [-0.3, -0.25) is 9.36 Å². The second kappa shape index (κ2) is 4.55. The van der Waals surface area contributed by atoms with E-state index >= 15 is 0 Å². The zero-order chi connectivity index (χ0) is 11.6. The quantitative estimate of drug-likeness (QED) is 0.744. The molecular formula is C10H17N3O2. The van der Waals surface area contributed by atoms with Gasteiger partial charge < -0.3 is 10.8 Å². The van der Waals surface area contributed by atoms with Gasteiger partial charge in [0.2, 0.25) is 0 Å². The monoisotopic (exact) mass is 211 g/mol. The Hall–Kier alpha value is -1.20. The molecule has 1 unspecified atom stereocenters. The van der Waals surface area contributed by atoms with Gasteiger partial charge in [-0.15, -0.1) is 0 Å². The first-order chi connectivity index (χ1) is 6.99. The minimum Gasteiger partial charge on any atom is -0.387 e. The van der Waals surface area contributed by atoms with E-state index in [1.165, 1.54) is 6.20 Å². The fourth-order valence-corrected chi connectivity index (χ4v) is 1.53. The molecule has 15 heavy (non-hydrogen) atoms. The summed E-state index contributed by atoms with van der Waals surface area (Å²) in [6.07, 6.45) is 0.462. The van der Waals surface area contributed by atoms with E-state index in [-0.39, 0.29) is 23.7 Å². The normalized spacial score (nSPS) is 13.2. The van der Waals surface area contributed by atoms with Crippen LogP contribution in [0, 0.1) is 6.92 Å². The van der Waals surface area contributed by atoms with Gasteiger partial charge in [0.25, 0.3) is 5.56 Å². The second-order valence-electron chi connectivity index (χ2n) is 3.78. The van der Waals surface area contributed by atoms with Crippen molar-refractivity contribution in [2.24, 2.45) is 5.73 Å². The predicted octanol–water partition coefficient (Wildman–Crippen LogP) is 0.125. The van der Waals surface area contributed by atoms with E-state index in [0.717, 1.165) is 0 Å². The fourth-order valence-electron chi connectivity index (χ4n) is 1.53. The predicted molar refractivity (Wildman–Crippen MR) is 57.6 cm³/mol. The first kappa shape index (κ1) is 11.9. The van der Waals surface area contributed by atoms with Crippen LogP contribution in [-0.4, -0.2) is 21.2 Å². The number of nitrogens with two attached hydrogens (primary N) is 1. The molecule has 0 aliphatic carbocycles. The Bertz CT molecular complexity index is 398. The molecule has 1 atom stereocenters. The number of hydrogen-bond acceptors (Lipinski definition) is 4. The maximum absolute atomic E-state index is 11.9. The number of aliphatic hydroxyl groups is 1. The minimum absolute atomic E-state index is 0.0231. The molecule has 5 nitrogen and oxygen atoms in total. The van der Waals surface area contributed by atoms with Gasteiger partial charge in [-0.1, -0.05) is 0 Å². The molecule has 0 aliphatic heterocycles. The molecule has 0 amide bonds. The maximum atomic E-state index is 11.9. The molecule has 84 valence electrons. The third kappa shape index (κ3) is 2.24. The van der Waals surface area contributed by atoms with Gasteiger partial charge in [-0.25, -0.2) is 4.98 Å². The van der Waals surface area contributed by atoms with E-state index in [2.05, 4.69) is 4.98 Å². The van der Waals surface area contributed by atoms with E-state index in [1.54, 1.807) is 11.5 Å². The highest BCUT2D eigenvalue weighted by Gasteiger charge is 2.15. The van der Waals surface area contributed by atoms with E-state index in [0.29, 0.717) is 5.82 Å². The van der Waals surface area contributed by atoms with Crippen LogP contribution in [0.25, 0.3) is 0 Å². The highest BCUT2D eigenvalue weighted by atomic mass is 16.3. The van der Waals surface area contributed by atoms with Crippen LogP contribution in [0.5, 0.6) is 0 Å². The summed E-state index contributed by atoms with van der Waals surface area (Å²) in [7, 11) is 0. The van der Waals surface area contributed by atoms with E-state index < -0.39 is 6.10 Å². The summed E-state index contributed by atoms with van der Waals surface area (Å²) in [4.78, 5) is 16.0. The lowest BCUT2D eigenvalue weighted by Gasteiger charge is -2.15. The summed E-state index contributed by atoms with van der Waals surface area (Å²) in [6, 6.07) is 0.0231. The molecular weight excluding hydrogens is 194 g/mol. The molecule has 5 heteroatoms. The number of aliphatic hydroxyl groups excluding tert-OH is 1. The number of hydrogen-bond donors (Lipinski definition) is 2. The smallest absolute Gasteiger partial charge is 0.259 e. The molecule has 1 heterocycles. The van der Waals surface area contributed by atoms with Gasteiger partial charge in [-0.05, 0) is 20.8 Å². The van der Waals surface area contributed by atoms with Gasteiger partial charge in [0.1, 0.15) is 5.82 Å². The molecule has 0 aromatic carbocycles. The Morgan fingerprint density at radius 2 is 2.20 bits per heavy atom. The first-order valence-electron chi connectivity index (χ1n) is 4.95. The first-order valence-corrected chi connectivity index (χ1v) is 4.95. The molecule has 1 aromatic heterocycles. The standard InChI is InChI=1S/C10H17N3O2/c1-6(2)13-7(3)12-5-8(10(13)15)9(14)4-11/h5-6,9,14H,4,11H2,1-3H3. The summed E-state index contributed by atoms with van der Waals surface area (Å²) in [5, 5.41) is 9.53. The van der Waals surface area contributed by atoms with Crippen molar-refractivity contribution in [3.8, 4) is 0 Å². The van der Waals surface area contributed by atoms with Crippen LogP contribution in [0.2, 0.25) is 0 Å². The van der Waals surface area contributed by atoms with Gasteiger partial charge in [0.15, 0.2) is 0 Å². The highest BCUT2D eigenvalue weighted by molar-refractivity contribution is 5.11. The van der Waals surface area contributed by atoms with E-state index in [4.69, 9.17) is 5.73 Å². The van der Waals surface area contributed by atoms with Gasteiger partial charge >= 0.3 is 0 Å². The van der Waals surface area contributed by atoms with Crippen LogP contribution in [0.4, 0.5) is 0 Å². The zero-order valence-electron chi connectivity index (χ0n) is 9.27. The van der Waals surface area contributed by atoms with Crippen LogP contribution in [0.3, 0.4) is 0 Å². The van der Waals surface area contributed by atoms with Gasteiger partial charge in [0.05, 0.1) is 11.7 Å². The molecule has 0 aliphatic rings. The number of aryl methyl sites for hydroxylation is 1. The summed E-state index contributed by atoms with van der Waals surface area (Å²) < 4.78 is 1.55. The molecule has 3 N–H and O–H groups in total. The molecule has 0 radical (unpaired) electrons. The summed E-state index contributed by atoms with van der Waals surface area (Å²) >= 11 is 0. The van der Waals surface area contributed by atoms with Crippen LogP contribution in [-0.2, 0) is 0 Å². The van der Waals surface area contributed by atoms with Crippen LogP contribution < -0.4 is 11.3 Å². The average Bonchev–Trinajstić information content (AvgIpc) is 2.16. The highest BCUT2D eigenvalue weighted by Crippen LogP contribution is 2.08. The summed E-state index contributed by atoms with van der Waals surface area (Å²) in [5.74, 6) is 0.642. The maximum Gasteiger partial charge on any atom is 0.259 e. The van der Waals surface area contributed by atoms with Gasteiger partial charge in [0, 0.05) is 18.8 Å². The Labute approximate surface area is 88.6 Å². The Kier molecular flexibility index (Phi) is 3.60. The minimum atomic E-state index is -0.935. The summed E-state index contributed by atoms with van der Waals surface area (Å²) in [5.41, 5.74) is 5.36. The van der Waals surface area contributed by atoms with Crippen molar-refractivity contribution < 1.29 is 5.11 Å². The fraction of sp³-hybridized carbons (Fsp3) is 0.600. The topological polar surface area (TPSA) is 81.1 Å². The van der Waals surface area contributed by atoms with E-state index in [1.807, 2.05) is 13.8 Å². The van der Waals surface area contributed by atoms with E-state index in [9.17, 15) is 9.90 Å². The van der Waals surface area contributed by atoms with Crippen LogP contribution in [0.15, 0.2) is 11.0 Å². The molecule has 1 aromatic rings. The number of rotatable bonds is 3. The summed E-state index contributed by atoms with van der Waals surface area (Å²) in [6.45, 7) is 5.58. The lowest BCUT2D eigenvalue weighted by molar-refractivity contribution is 0.183. The molecule has 0 saturated heterocycles. The molecule has 0 saturated carbocycles. The number of aromatic nitrogens is 2. The van der Waals surface area contributed by atoms with Crippen molar-refractivity contribution in [2.45, 2.75) is 32.9 Å². The average molecular weight is 211 g/mol. The third-order valence-electron chi connectivity index (χ3n) is 2.30. The van der Waals surface area contributed by atoms with Crippen molar-refractivity contribution >= 4 is 0 Å².